The monoisotopic (exact) mass is 466 g/mol. The molecule has 7 heteroatoms. The number of nitrogens with zero attached hydrogens (tertiary/aromatic N) is 1. The molecule has 30 heavy (non-hydrogen) atoms. The standard InChI is InChI=1S/C23H28Cl2N2O2S/c1-4-21(23(29)26-16(2)3)27(15-17-5-7-18(24)8-6-17)22(28)13-14-30-20-11-9-19(25)10-12-20/h5-12,16,21H,4,13-15H2,1-3H3,(H,26,29). The van der Waals surface area contributed by atoms with Crippen molar-refractivity contribution in [1.82, 2.24) is 10.2 Å². The predicted molar refractivity (Wildman–Crippen MR) is 126 cm³/mol. The molecule has 1 atom stereocenters. The molecule has 0 saturated carbocycles. The molecule has 0 aromatic heterocycles. The molecule has 0 spiro atoms. The Hall–Kier alpha value is -1.69. The first-order valence-electron chi connectivity index (χ1n) is 10.0. The Labute approximate surface area is 193 Å². The number of amides is 2. The van der Waals surface area contributed by atoms with Gasteiger partial charge in [-0.05, 0) is 62.2 Å². The number of hydrogen-bond acceptors (Lipinski definition) is 3. The van der Waals surface area contributed by atoms with Gasteiger partial charge in [-0.15, -0.1) is 11.8 Å². The third-order valence-electron chi connectivity index (χ3n) is 4.48. The summed E-state index contributed by atoms with van der Waals surface area (Å²) in [6.45, 7) is 6.12. The van der Waals surface area contributed by atoms with E-state index in [1.807, 2.05) is 57.2 Å². The van der Waals surface area contributed by atoms with Crippen molar-refractivity contribution in [2.24, 2.45) is 0 Å². The molecule has 0 heterocycles. The Bertz CT molecular complexity index is 826. The van der Waals surface area contributed by atoms with Crippen LogP contribution in [-0.4, -0.2) is 34.6 Å². The lowest BCUT2D eigenvalue weighted by Gasteiger charge is -2.31. The molecule has 0 radical (unpaired) electrons. The van der Waals surface area contributed by atoms with Crippen molar-refractivity contribution in [3.05, 3.63) is 64.1 Å². The van der Waals surface area contributed by atoms with Gasteiger partial charge in [-0.25, -0.2) is 0 Å². The van der Waals surface area contributed by atoms with Gasteiger partial charge in [0.15, 0.2) is 0 Å². The second-order valence-electron chi connectivity index (χ2n) is 7.29. The van der Waals surface area contributed by atoms with Gasteiger partial charge >= 0.3 is 0 Å². The van der Waals surface area contributed by atoms with Crippen LogP contribution in [0.1, 0.15) is 39.2 Å². The Morgan fingerprint density at radius 2 is 1.57 bits per heavy atom. The zero-order valence-electron chi connectivity index (χ0n) is 17.5. The quantitative estimate of drug-likeness (QED) is 0.449. The van der Waals surface area contributed by atoms with Crippen LogP contribution in [-0.2, 0) is 16.1 Å². The second kappa shape index (κ2) is 12.2. The molecule has 0 bridgehead atoms. The van der Waals surface area contributed by atoms with Crippen LogP contribution in [0.2, 0.25) is 10.0 Å². The lowest BCUT2D eigenvalue weighted by atomic mass is 10.1. The maximum Gasteiger partial charge on any atom is 0.243 e. The van der Waals surface area contributed by atoms with Crippen LogP contribution in [0, 0.1) is 0 Å². The molecule has 4 nitrogen and oxygen atoms in total. The molecule has 2 aromatic rings. The molecule has 0 aliphatic rings. The van der Waals surface area contributed by atoms with Crippen LogP contribution >= 0.6 is 35.0 Å². The summed E-state index contributed by atoms with van der Waals surface area (Å²) in [4.78, 5) is 28.6. The van der Waals surface area contributed by atoms with Crippen molar-refractivity contribution in [2.75, 3.05) is 5.75 Å². The molecule has 0 aliphatic heterocycles. The van der Waals surface area contributed by atoms with E-state index in [2.05, 4.69) is 5.32 Å². The van der Waals surface area contributed by atoms with Crippen molar-refractivity contribution in [3.63, 3.8) is 0 Å². The zero-order valence-corrected chi connectivity index (χ0v) is 19.9. The van der Waals surface area contributed by atoms with Gasteiger partial charge in [0.2, 0.25) is 11.8 Å². The second-order valence-corrected chi connectivity index (χ2v) is 9.33. The average molecular weight is 467 g/mol. The fraction of sp³-hybridized carbons (Fsp3) is 0.391. The highest BCUT2D eigenvalue weighted by atomic mass is 35.5. The number of carbonyl (C=O) groups excluding carboxylic acids is 2. The summed E-state index contributed by atoms with van der Waals surface area (Å²) >= 11 is 13.5. The number of carbonyl (C=O) groups is 2. The Morgan fingerprint density at radius 3 is 2.10 bits per heavy atom. The van der Waals surface area contributed by atoms with Gasteiger partial charge in [0.05, 0.1) is 0 Å². The molecule has 1 N–H and O–H groups in total. The van der Waals surface area contributed by atoms with Crippen LogP contribution in [0.3, 0.4) is 0 Å². The molecule has 162 valence electrons. The maximum absolute atomic E-state index is 13.1. The third-order valence-corrected chi connectivity index (χ3v) is 6.00. The highest BCUT2D eigenvalue weighted by Crippen LogP contribution is 2.22. The smallest absolute Gasteiger partial charge is 0.243 e. The minimum Gasteiger partial charge on any atom is -0.352 e. The third kappa shape index (κ3) is 7.86. The lowest BCUT2D eigenvalue weighted by Crippen LogP contribution is -2.50. The first-order chi connectivity index (χ1) is 14.3. The highest BCUT2D eigenvalue weighted by Gasteiger charge is 2.28. The van der Waals surface area contributed by atoms with Crippen molar-refractivity contribution in [1.29, 1.82) is 0 Å². The minimum atomic E-state index is -0.517. The van der Waals surface area contributed by atoms with Gasteiger partial charge in [0.25, 0.3) is 0 Å². The van der Waals surface area contributed by atoms with Gasteiger partial charge in [-0.2, -0.15) is 0 Å². The molecule has 0 saturated heterocycles. The molecule has 1 unspecified atom stereocenters. The SMILES string of the molecule is CCC(C(=O)NC(C)C)N(Cc1ccc(Cl)cc1)C(=O)CCSc1ccc(Cl)cc1. The summed E-state index contributed by atoms with van der Waals surface area (Å²) in [6.07, 6.45) is 0.883. The Balaban J connectivity index is 2.11. The number of thioether (sulfide) groups is 1. The summed E-state index contributed by atoms with van der Waals surface area (Å²) in [6, 6.07) is 14.4. The first-order valence-corrected chi connectivity index (χ1v) is 11.8. The van der Waals surface area contributed by atoms with Crippen molar-refractivity contribution in [3.8, 4) is 0 Å². The van der Waals surface area contributed by atoms with Gasteiger partial charge < -0.3 is 10.2 Å². The van der Waals surface area contributed by atoms with E-state index in [0.29, 0.717) is 35.2 Å². The van der Waals surface area contributed by atoms with Crippen LogP contribution in [0.4, 0.5) is 0 Å². The van der Waals surface area contributed by atoms with E-state index in [1.165, 1.54) is 0 Å². The molecule has 2 rings (SSSR count). The number of halogens is 2. The van der Waals surface area contributed by atoms with Gasteiger partial charge in [0.1, 0.15) is 6.04 Å². The summed E-state index contributed by atoms with van der Waals surface area (Å²) < 4.78 is 0. The summed E-state index contributed by atoms with van der Waals surface area (Å²) in [5.41, 5.74) is 0.939. The molecule has 2 amide bonds. The van der Waals surface area contributed by atoms with Crippen molar-refractivity contribution in [2.45, 2.75) is 57.1 Å². The summed E-state index contributed by atoms with van der Waals surface area (Å²) in [7, 11) is 0. The van der Waals surface area contributed by atoms with E-state index in [1.54, 1.807) is 28.8 Å². The maximum atomic E-state index is 13.1. The van der Waals surface area contributed by atoms with Gasteiger partial charge in [-0.3, -0.25) is 9.59 Å². The summed E-state index contributed by atoms with van der Waals surface area (Å²) in [5.74, 6) is 0.456. The average Bonchev–Trinajstić information content (AvgIpc) is 2.70. The minimum absolute atomic E-state index is 0.0134. The number of rotatable bonds is 10. The van der Waals surface area contributed by atoms with E-state index >= 15 is 0 Å². The predicted octanol–water partition coefficient (Wildman–Crippen LogP) is 5.81. The van der Waals surface area contributed by atoms with Crippen LogP contribution in [0.5, 0.6) is 0 Å². The molecular formula is C23H28Cl2N2O2S. The Kier molecular flexibility index (Phi) is 10.0. The zero-order chi connectivity index (χ0) is 22.1. The molecular weight excluding hydrogens is 439 g/mol. The van der Waals surface area contributed by atoms with E-state index in [-0.39, 0.29) is 17.9 Å². The van der Waals surface area contributed by atoms with E-state index in [4.69, 9.17) is 23.2 Å². The van der Waals surface area contributed by atoms with Crippen LogP contribution < -0.4 is 5.32 Å². The van der Waals surface area contributed by atoms with Gasteiger partial charge in [-0.1, -0.05) is 42.3 Å². The first kappa shape index (κ1) is 24.6. The molecule has 2 aromatic carbocycles. The highest BCUT2D eigenvalue weighted by molar-refractivity contribution is 7.99. The largest absolute Gasteiger partial charge is 0.352 e. The Morgan fingerprint density at radius 1 is 1.00 bits per heavy atom. The normalized spacial score (nSPS) is 11.9. The van der Waals surface area contributed by atoms with Crippen LogP contribution in [0.25, 0.3) is 0 Å². The van der Waals surface area contributed by atoms with Crippen molar-refractivity contribution >= 4 is 46.8 Å². The number of benzene rings is 2. The van der Waals surface area contributed by atoms with E-state index in [0.717, 1.165) is 10.5 Å². The topological polar surface area (TPSA) is 49.4 Å². The molecule has 0 aliphatic carbocycles. The summed E-state index contributed by atoms with van der Waals surface area (Å²) in [5, 5.41) is 4.27. The van der Waals surface area contributed by atoms with E-state index in [9.17, 15) is 9.59 Å². The fourth-order valence-electron chi connectivity index (χ4n) is 3.02. The fourth-order valence-corrected chi connectivity index (χ4v) is 4.11. The van der Waals surface area contributed by atoms with E-state index < -0.39 is 6.04 Å². The lowest BCUT2D eigenvalue weighted by molar-refractivity contribution is -0.141. The van der Waals surface area contributed by atoms with Crippen LogP contribution in [0.15, 0.2) is 53.4 Å². The van der Waals surface area contributed by atoms with Crippen molar-refractivity contribution < 1.29 is 9.59 Å². The van der Waals surface area contributed by atoms with Gasteiger partial charge in [0, 0.05) is 39.7 Å². The molecule has 0 fully saturated rings. The number of nitrogens with one attached hydrogen (secondary N) is 1. The number of hydrogen-bond donors (Lipinski definition) is 1.